The molecule has 2 amide bonds. The molecule has 6 aromatic rings. The number of aromatic nitrogens is 3. The van der Waals surface area contributed by atoms with Gasteiger partial charge in [-0.2, -0.15) is 10.4 Å². The van der Waals surface area contributed by atoms with Gasteiger partial charge < -0.3 is 23.8 Å². The molecule has 60 heavy (non-hydrogen) atoms. The molecule has 3 aliphatic heterocycles. The highest BCUT2D eigenvalue weighted by Crippen LogP contribution is 2.36. The maximum Gasteiger partial charge on any atom is 0.260 e. The number of morpholine rings is 1. The van der Waals surface area contributed by atoms with Crippen molar-refractivity contribution in [2.24, 2.45) is 7.05 Å². The number of nitrogens with zero attached hydrogens (tertiary/aromatic N) is 7. The summed E-state index contributed by atoms with van der Waals surface area (Å²) >= 11 is 6.72. The fourth-order valence-corrected chi connectivity index (χ4v) is 9.20. The molecule has 4 aromatic carbocycles. The zero-order valence-corrected chi connectivity index (χ0v) is 34.8. The fourth-order valence-electron chi connectivity index (χ4n) is 9.03. The minimum atomic E-state index is -0.238. The average Bonchev–Trinajstić information content (AvgIpc) is 3.85. The van der Waals surface area contributed by atoms with Gasteiger partial charge in [-0.1, -0.05) is 54.1 Å². The van der Waals surface area contributed by atoms with Crippen LogP contribution in [0, 0.1) is 18.3 Å². The van der Waals surface area contributed by atoms with E-state index in [0.29, 0.717) is 65.0 Å². The Bertz CT molecular complexity index is 2620. The first kappa shape index (κ1) is 39.7. The van der Waals surface area contributed by atoms with Gasteiger partial charge in [0.05, 0.1) is 48.7 Å². The topological polar surface area (TPSA) is 109 Å². The lowest BCUT2D eigenvalue weighted by atomic mass is 9.92. The van der Waals surface area contributed by atoms with E-state index in [-0.39, 0.29) is 30.6 Å². The summed E-state index contributed by atoms with van der Waals surface area (Å²) in [6.45, 7) is 7.07. The van der Waals surface area contributed by atoms with Gasteiger partial charge >= 0.3 is 0 Å². The van der Waals surface area contributed by atoms with Crippen LogP contribution in [0.4, 0.5) is 5.69 Å². The summed E-state index contributed by atoms with van der Waals surface area (Å²) in [5.74, 6) is -0.319. The number of rotatable bonds is 9. The van der Waals surface area contributed by atoms with Crippen molar-refractivity contribution in [3.05, 3.63) is 141 Å². The second-order valence-electron chi connectivity index (χ2n) is 16.1. The number of benzene rings is 4. The van der Waals surface area contributed by atoms with Crippen LogP contribution in [0.2, 0.25) is 5.02 Å². The number of carbonyl (C=O) groups is 2. The lowest BCUT2D eigenvalue weighted by Crippen LogP contribution is -2.52. The van der Waals surface area contributed by atoms with Crippen molar-refractivity contribution in [3.8, 4) is 17.3 Å². The van der Waals surface area contributed by atoms with Crippen molar-refractivity contribution in [2.45, 2.75) is 58.0 Å². The van der Waals surface area contributed by atoms with Crippen LogP contribution < -0.4 is 4.90 Å². The summed E-state index contributed by atoms with van der Waals surface area (Å²) in [6, 6.07) is 31.2. The molecule has 0 aliphatic carbocycles. The highest BCUT2D eigenvalue weighted by Gasteiger charge is 2.34. The maximum atomic E-state index is 15.1. The number of hydrogen-bond donors (Lipinski definition) is 0. The Labute approximate surface area is 355 Å². The van der Waals surface area contributed by atoms with Gasteiger partial charge in [-0.3, -0.25) is 14.5 Å². The van der Waals surface area contributed by atoms with Crippen molar-refractivity contribution < 1.29 is 19.1 Å². The van der Waals surface area contributed by atoms with Gasteiger partial charge in [0.1, 0.15) is 0 Å². The molecule has 9 rings (SSSR count). The zero-order valence-electron chi connectivity index (χ0n) is 34.0. The Balaban J connectivity index is 1.08. The van der Waals surface area contributed by atoms with E-state index in [1.807, 2.05) is 95.0 Å². The summed E-state index contributed by atoms with van der Waals surface area (Å²) in [5, 5.41) is 16.1. The molecule has 0 spiro atoms. The van der Waals surface area contributed by atoms with E-state index in [1.165, 1.54) is 5.56 Å². The zero-order chi connectivity index (χ0) is 41.3. The van der Waals surface area contributed by atoms with Gasteiger partial charge in [-0.15, -0.1) is 0 Å². The molecule has 3 aliphatic rings. The van der Waals surface area contributed by atoms with Gasteiger partial charge in [0.15, 0.2) is 6.23 Å². The Morgan fingerprint density at radius 2 is 1.73 bits per heavy atom. The number of carbonyl (C=O) groups excluding carboxylic acids is 2. The monoisotopic (exact) mass is 821 g/mol. The molecule has 2 fully saturated rings. The normalized spacial score (nSPS) is 18.3. The third-order valence-corrected chi connectivity index (χ3v) is 12.7. The van der Waals surface area contributed by atoms with Crippen molar-refractivity contribution in [1.29, 1.82) is 5.26 Å². The van der Waals surface area contributed by atoms with E-state index < -0.39 is 0 Å². The number of fused-ring (bicyclic) bond motifs is 2. The van der Waals surface area contributed by atoms with Crippen LogP contribution >= 0.6 is 11.6 Å². The summed E-state index contributed by atoms with van der Waals surface area (Å²) in [7, 11) is 1.91. The largest absolute Gasteiger partial charge is 0.379 e. The molecule has 2 saturated heterocycles. The van der Waals surface area contributed by atoms with Crippen LogP contribution in [-0.4, -0.2) is 81.5 Å². The van der Waals surface area contributed by atoms with Crippen molar-refractivity contribution in [1.82, 2.24) is 24.1 Å². The van der Waals surface area contributed by atoms with E-state index in [0.717, 1.165) is 73.0 Å². The Hall–Kier alpha value is -5.77. The number of hydrogen-bond acceptors (Lipinski definition) is 7. The van der Waals surface area contributed by atoms with Crippen LogP contribution in [-0.2, 0) is 36.0 Å². The summed E-state index contributed by atoms with van der Waals surface area (Å²) in [6.07, 6.45) is 5.47. The summed E-state index contributed by atoms with van der Waals surface area (Å²) < 4.78 is 15.6. The molecule has 1 unspecified atom stereocenters. The molecule has 2 atom stereocenters. The van der Waals surface area contributed by atoms with Gasteiger partial charge in [-0.25, -0.2) is 4.68 Å². The second kappa shape index (κ2) is 17.1. The molecule has 12 heteroatoms. The quantitative estimate of drug-likeness (QED) is 0.144. The Morgan fingerprint density at radius 1 is 0.933 bits per heavy atom. The third kappa shape index (κ3) is 7.72. The van der Waals surface area contributed by atoms with Crippen molar-refractivity contribution in [2.75, 3.05) is 44.4 Å². The second-order valence-corrected chi connectivity index (χ2v) is 16.5. The fraction of sp³-hybridized carbons (Fsp3) is 0.333. The highest BCUT2D eigenvalue weighted by atomic mass is 35.5. The van der Waals surface area contributed by atoms with Crippen LogP contribution in [0.1, 0.15) is 74.2 Å². The lowest BCUT2D eigenvalue weighted by Gasteiger charge is -2.40. The minimum absolute atomic E-state index is 0.0363. The van der Waals surface area contributed by atoms with Crippen LogP contribution in [0.15, 0.2) is 97.2 Å². The number of nitriles is 1. The van der Waals surface area contributed by atoms with Crippen molar-refractivity contribution >= 4 is 40.0 Å². The molecule has 0 radical (unpaired) electrons. The third-order valence-electron chi connectivity index (χ3n) is 12.5. The molecule has 11 nitrogen and oxygen atoms in total. The highest BCUT2D eigenvalue weighted by molar-refractivity contribution is 6.31. The minimum Gasteiger partial charge on any atom is -0.379 e. The molecule has 5 heterocycles. The predicted octanol–water partition coefficient (Wildman–Crippen LogP) is 8.32. The van der Waals surface area contributed by atoms with Crippen LogP contribution in [0.25, 0.3) is 22.2 Å². The maximum absolute atomic E-state index is 15.1. The van der Waals surface area contributed by atoms with Crippen LogP contribution in [0.3, 0.4) is 0 Å². The van der Waals surface area contributed by atoms with Gasteiger partial charge in [-0.05, 0) is 97.8 Å². The van der Waals surface area contributed by atoms with E-state index in [2.05, 4.69) is 29.2 Å². The summed E-state index contributed by atoms with van der Waals surface area (Å²) in [5.41, 5.74) is 8.32. The molecule has 306 valence electrons. The number of ether oxygens (including phenoxy) is 2. The number of anilines is 1. The molecular weight excluding hydrogens is 774 g/mol. The van der Waals surface area contributed by atoms with E-state index >= 15 is 4.79 Å². The number of halogens is 1. The summed E-state index contributed by atoms with van der Waals surface area (Å²) in [4.78, 5) is 36.2. The first-order valence-corrected chi connectivity index (χ1v) is 21.2. The SMILES string of the molecule is Cc1c(C(=O)N(Cc2ccccc2C#N)c2ccc3c(cnn3C3CCCCO3)c2)cc(-c2cc(Cl)ccc2C(=O)N2Cc3ccccc3C[C@H]2CN2CCOCC2)n1C. The first-order valence-electron chi connectivity index (χ1n) is 20.8. The molecule has 0 bridgehead atoms. The van der Waals surface area contributed by atoms with Gasteiger partial charge in [0.25, 0.3) is 11.8 Å². The van der Waals surface area contributed by atoms with E-state index in [1.54, 1.807) is 17.0 Å². The smallest absolute Gasteiger partial charge is 0.260 e. The van der Waals surface area contributed by atoms with Gasteiger partial charge in [0, 0.05) is 84.5 Å². The molecule has 2 aromatic heterocycles. The van der Waals surface area contributed by atoms with Gasteiger partial charge in [0.2, 0.25) is 0 Å². The molecule has 0 saturated carbocycles. The molecule has 0 N–H and O–H groups in total. The van der Waals surface area contributed by atoms with E-state index in [4.69, 9.17) is 26.2 Å². The van der Waals surface area contributed by atoms with E-state index in [9.17, 15) is 10.1 Å². The molecular formula is C48H48ClN7O4. The van der Waals surface area contributed by atoms with Crippen molar-refractivity contribution in [3.63, 3.8) is 0 Å². The average molecular weight is 822 g/mol. The lowest BCUT2D eigenvalue weighted by molar-refractivity contribution is -0.0366. The van der Waals surface area contributed by atoms with Crippen LogP contribution in [0.5, 0.6) is 0 Å². The Kier molecular flexibility index (Phi) is 11.3. The number of amides is 2. The predicted molar refractivity (Wildman–Crippen MR) is 232 cm³/mol. The standard InChI is InChI=1S/C48H48ClN7O4/c1-32-42(48(58)54(30-36-12-6-4-10-34(36)27-50)39-15-17-44-37(24-39)28-51-56(44)46-13-7-8-20-60-46)26-45(52(32)2)43-25-38(49)14-16-41(43)47(57)55-29-35-11-5-3-9-33(35)23-40(55)31-53-18-21-59-22-19-53/h3-6,9-12,14-17,24-26,28,40,46H,7-8,13,18-23,29-31H2,1-2H3/t40-,46?/m0/s1. The Morgan fingerprint density at radius 3 is 2.53 bits per heavy atom. The first-order chi connectivity index (χ1) is 29.3.